The highest BCUT2D eigenvalue weighted by molar-refractivity contribution is 5.97. The number of aromatic carboxylic acids is 1. The van der Waals surface area contributed by atoms with Crippen LogP contribution in [0.5, 0.6) is 0 Å². The average Bonchev–Trinajstić information content (AvgIpc) is 2.32. The van der Waals surface area contributed by atoms with Crippen molar-refractivity contribution in [1.82, 2.24) is 0 Å². The van der Waals surface area contributed by atoms with Crippen LogP contribution in [-0.2, 0) is 4.74 Å². The van der Waals surface area contributed by atoms with Crippen molar-refractivity contribution in [3.8, 4) is 0 Å². The SMILES string of the molecule is CC1CN(c2cccc(C(=O)O)c2N)C(C)CO1. The summed E-state index contributed by atoms with van der Waals surface area (Å²) in [4.78, 5) is 13.2. The van der Waals surface area contributed by atoms with Crippen LogP contribution in [0.25, 0.3) is 0 Å². The number of carboxylic acids is 1. The van der Waals surface area contributed by atoms with Gasteiger partial charge in [0.2, 0.25) is 0 Å². The Bertz CT molecular complexity index is 462. The molecule has 1 aromatic rings. The van der Waals surface area contributed by atoms with Gasteiger partial charge in [0.25, 0.3) is 0 Å². The minimum absolute atomic E-state index is 0.120. The van der Waals surface area contributed by atoms with Gasteiger partial charge in [0.15, 0.2) is 0 Å². The van der Waals surface area contributed by atoms with Gasteiger partial charge in [-0.1, -0.05) is 6.07 Å². The summed E-state index contributed by atoms with van der Waals surface area (Å²) in [6.45, 7) is 5.38. The van der Waals surface area contributed by atoms with Gasteiger partial charge >= 0.3 is 5.97 Å². The number of carbonyl (C=O) groups is 1. The number of benzene rings is 1. The van der Waals surface area contributed by atoms with E-state index < -0.39 is 5.97 Å². The zero-order chi connectivity index (χ0) is 13.3. The van der Waals surface area contributed by atoms with Crippen LogP contribution in [0.15, 0.2) is 18.2 Å². The van der Waals surface area contributed by atoms with E-state index in [1.54, 1.807) is 6.07 Å². The quantitative estimate of drug-likeness (QED) is 0.779. The molecule has 3 N–H and O–H groups in total. The second-order valence-corrected chi connectivity index (χ2v) is 4.69. The molecule has 2 unspecified atom stereocenters. The predicted octanol–water partition coefficient (Wildman–Crippen LogP) is 1.58. The van der Waals surface area contributed by atoms with Crippen molar-refractivity contribution < 1.29 is 14.6 Å². The Morgan fingerprint density at radius 1 is 1.50 bits per heavy atom. The van der Waals surface area contributed by atoms with Gasteiger partial charge in [-0.05, 0) is 26.0 Å². The van der Waals surface area contributed by atoms with Gasteiger partial charge in [0.05, 0.1) is 29.6 Å². The van der Waals surface area contributed by atoms with E-state index in [1.165, 1.54) is 6.07 Å². The molecule has 0 aromatic heterocycles. The molecule has 1 aliphatic rings. The second kappa shape index (κ2) is 4.86. The third kappa shape index (κ3) is 2.26. The number of morpholine rings is 1. The molecule has 5 heteroatoms. The molecular formula is C13H18N2O3. The lowest BCUT2D eigenvalue weighted by Crippen LogP contribution is -2.47. The first kappa shape index (κ1) is 12.7. The fraction of sp³-hybridized carbons (Fsp3) is 0.462. The van der Waals surface area contributed by atoms with Crippen molar-refractivity contribution >= 4 is 17.3 Å². The summed E-state index contributed by atoms with van der Waals surface area (Å²) in [5.41, 5.74) is 7.21. The number of nitrogens with two attached hydrogens (primary N) is 1. The van der Waals surface area contributed by atoms with Gasteiger partial charge in [0.1, 0.15) is 0 Å². The van der Waals surface area contributed by atoms with Crippen LogP contribution in [0.4, 0.5) is 11.4 Å². The molecular weight excluding hydrogens is 232 g/mol. The summed E-state index contributed by atoms with van der Waals surface area (Å²) in [5, 5.41) is 9.08. The van der Waals surface area contributed by atoms with Crippen molar-refractivity contribution in [2.24, 2.45) is 0 Å². The number of nitrogens with zero attached hydrogens (tertiary/aromatic N) is 1. The maximum atomic E-state index is 11.1. The summed E-state index contributed by atoms with van der Waals surface area (Å²) in [6.07, 6.45) is 0.120. The van der Waals surface area contributed by atoms with Crippen LogP contribution in [0, 0.1) is 0 Å². The molecule has 2 rings (SSSR count). The van der Waals surface area contributed by atoms with Crippen LogP contribution in [0.2, 0.25) is 0 Å². The van der Waals surface area contributed by atoms with Crippen LogP contribution < -0.4 is 10.6 Å². The molecule has 0 saturated carbocycles. The highest BCUT2D eigenvalue weighted by atomic mass is 16.5. The van der Waals surface area contributed by atoms with Crippen LogP contribution in [0.1, 0.15) is 24.2 Å². The van der Waals surface area contributed by atoms with Crippen molar-refractivity contribution in [3.05, 3.63) is 23.8 Å². The molecule has 2 atom stereocenters. The molecule has 1 saturated heterocycles. The molecule has 0 bridgehead atoms. The number of hydrogen-bond donors (Lipinski definition) is 2. The van der Waals surface area contributed by atoms with E-state index in [4.69, 9.17) is 15.6 Å². The Hall–Kier alpha value is -1.75. The molecule has 0 aliphatic carbocycles. The molecule has 1 aromatic carbocycles. The fourth-order valence-electron chi connectivity index (χ4n) is 2.23. The lowest BCUT2D eigenvalue weighted by Gasteiger charge is -2.39. The van der Waals surface area contributed by atoms with Gasteiger partial charge in [-0.15, -0.1) is 0 Å². The molecule has 5 nitrogen and oxygen atoms in total. The average molecular weight is 250 g/mol. The predicted molar refractivity (Wildman–Crippen MR) is 70.0 cm³/mol. The van der Waals surface area contributed by atoms with Gasteiger partial charge in [0, 0.05) is 12.6 Å². The van der Waals surface area contributed by atoms with Crippen LogP contribution >= 0.6 is 0 Å². The Balaban J connectivity index is 2.38. The van der Waals surface area contributed by atoms with Gasteiger partial charge in [-0.25, -0.2) is 4.79 Å². The summed E-state index contributed by atoms with van der Waals surface area (Å²) < 4.78 is 5.56. The number of para-hydroxylation sites is 1. The number of rotatable bonds is 2. The van der Waals surface area contributed by atoms with Crippen molar-refractivity contribution in [3.63, 3.8) is 0 Å². The molecule has 0 amide bonds. The molecule has 1 aliphatic heterocycles. The van der Waals surface area contributed by atoms with E-state index in [2.05, 4.69) is 4.90 Å². The number of nitrogen functional groups attached to an aromatic ring is 1. The number of carboxylic acid groups (broad SMARTS) is 1. The first-order chi connectivity index (χ1) is 8.50. The van der Waals surface area contributed by atoms with Crippen LogP contribution in [0.3, 0.4) is 0 Å². The second-order valence-electron chi connectivity index (χ2n) is 4.69. The Morgan fingerprint density at radius 2 is 2.22 bits per heavy atom. The van der Waals surface area contributed by atoms with Crippen molar-refractivity contribution in [1.29, 1.82) is 0 Å². The van der Waals surface area contributed by atoms with Gasteiger partial charge < -0.3 is 20.5 Å². The zero-order valence-corrected chi connectivity index (χ0v) is 10.6. The van der Waals surface area contributed by atoms with Crippen molar-refractivity contribution in [2.45, 2.75) is 26.0 Å². The minimum Gasteiger partial charge on any atom is -0.478 e. The molecule has 18 heavy (non-hydrogen) atoms. The van der Waals surface area contributed by atoms with Crippen LogP contribution in [-0.4, -0.2) is 36.4 Å². The lowest BCUT2D eigenvalue weighted by molar-refractivity contribution is 0.0344. The third-order valence-electron chi connectivity index (χ3n) is 3.23. The highest BCUT2D eigenvalue weighted by Gasteiger charge is 2.26. The van der Waals surface area contributed by atoms with E-state index in [1.807, 2.05) is 19.9 Å². The number of ether oxygens (including phenoxy) is 1. The monoisotopic (exact) mass is 250 g/mol. The van der Waals surface area contributed by atoms with E-state index in [9.17, 15) is 4.79 Å². The van der Waals surface area contributed by atoms with E-state index in [-0.39, 0.29) is 17.7 Å². The number of anilines is 2. The van der Waals surface area contributed by atoms with E-state index in [0.717, 1.165) is 5.69 Å². The van der Waals surface area contributed by atoms with Gasteiger partial charge in [-0.3, -0.25) is 0 Å². The minimum atomic E-state index is -0.997. The summed E-state index contributed by atoms with van der Waals surface area (Å²) in [5.74, 6) is -0.997. The topological polar surface area (TPSA) is 75.8 Å². The molecule has 1 fully saturated rings. The molecule has 1 heterocycles. The zero-order valence-electron chi connectivity index (χ0n) is 10.6. The largest absolute Gasteiger partial charge is 0.478 e. The number of hydrogen-bond acceptors (Lipinski definition) is 4. The maximum absolute atomic E-state index is 11.1. The first-order valence-electron chi connectivity index (χ1n) is 6.00. The summed E-state index contributed by atoms with van der Waals surface area (Å²) in [7, 11) is 0. The Labute approximate surface area is 106 Å². The lowest BCUT2D eigenvalue weighted by atomic mass is 10.1. The molecule has 98 valence electrons. The normalized spacial score (nSPS) is 24.0. The van der Waals surface area contributed by atoms with Crippen molar-refractivity contribution in [2.75, 3.05) is 23.8 Å². The summed E-state index contributed by atoms with van der Waals surface area (Å²) >= 11 is 0. The van der Waals surface area contributed by atoms with Gasteiger partial charge in [-0.2, -0.15) is 0 Å². The summed E-state index contributed by atoms with van der Waals surface area (Å²) in [6, 6.07) is 5.29. The molecule has 0 radical (unpaired) electrons. The smallest absolute Gasteiger partial charge is 0.337 e. The highest BCUT2D eigenvalue weighted by Crippen LogP contribution is 2.30. The Kier molecular flexibility index (Phi) is 3.43. The molecule has 0 spiro atoms. The third-order valence-corrected chi connectivity index (χ3v) is 3.23. The standard InChI is InChI=1S/C13H18N2O3/c1-8-7-18-9(2)6-15(8)11-5-3-4-10(12(11)14)13(16)17/h3-5,8-9H,6-7,14H2,1-2H3,(H,16,17). The van der Waals surface area contributed by atoms with E-state index in [0.29, 0.717) is 18.8 Å². The Morgan fingerprint density at radius 3 is 2.89 bits per heavy atom. The maximum Gasteiger partial charge on any atom is 0.337 e. The fourth-order valence-corrected chi connectivity index (χ4v) is 2.23. The van der Waals surface area contributed by atoms with E-state index >= 15 is 0 Å². The first-order valence-corrected chi connectivity index (χ1v) is 6.00.